The molecule has 1 aliphatic carbocycles. The van der Waals surface area contributed by atoms with Crippen LogP contribution in [-0.2, 0) is 12.8 Å². The Labute approximate surface area is 131 Å². The number of hydrogen-bond acceptors (Lipinski definition) is 3. The Morgan fingerprint density at radius 1 is 1.26 bits per heavy atom. The van der Waals surface area contributed by atoms with Crippen LogP contribution in [0.5, 0.6) is 0 Å². The first-order chi connectivity index (χ1) is 9.29. The second-order valence-electron chi connectivity index (χ2n) is 5.01. The largest absolute Gasteiger partial charge is 0.308 e. The Hall–Kier alpha value is -0.160. The van der Waals surface area contributed by atoms with Gasteiger partial charge in [-0.3, -0.25) is 0 Å². The zero-order valence-electron chi connectivity index (χ0n) is 11.0. The third-order valence-corrected chi connectivity index (χ3v) is 6.98. The highest BCUT2D eigenvalue weighted by molar-refractivity contribution is 9.10. The van der Waals surface area contributed by atoms with E-state index in [4.69, 9.17) is 0 Å². The van der Waals surface area contributed by atoms with Crippen molar-refractivity contribution in [1.29, 1.82) is 0 Å². The SMILES string of the molecule is CNC(c1cc2c(s1)CCCCC2)c1sccc1Br. The predicted molar refractivity (Wildman–Crippen MR) is 88.5 cm³/mol. The van der Waals surface area contributed by atoms with Crippen LogP contribution in [0.4, 0.5) is 0 Å². The lowest BCUT2D eigenvalue weighted by Crippen LogP contribution is -2.15. The minimum Gasteiger partial charge on any atom is -0.308 e. The molecule has 0 radical (unpaired) electrons. The van der Waals surface area contributed by atoms with Gasteiger partial charge in [-0.05, 0) is 71.7 Å². The van der Waals surface area contributed by atoms with E-state index in [1.807, 2.05) is 22.7 Å². The zero-order chi connectivity index (χ0) is 13.2. The maximum atomic E-state index is 3.66. The molecular formula is C15H18BrNS2. The van der Waals surface area contributed by atoms with Gasteiger partial charge < -0.3 is 5.32 Å². The first-order valence-corrected chi connectivity index (χ1v) is 9.30. The summed E-state index contributed by atoms with van der Waals surface area (Å²) in [5.41, 5.74) is 1.60. The van der Waals surface area contributed by atoms with Crippen molar-refractivity contribution in [2.75, 3.05) is 7.05 Å². The third-order valence-electron chi connectivity index (χ3n) is 3.75. The molecule has 4 heteroatoms. The lowest BCUT2D eigenvalue weighted by Gasteiger charge is -2.13. The Kier molecular flexibility index (Phi) is 4.42. The molecule has 1 aliphatic rings. The van der Waals surface area contributed by atoms with Crippen LogP contribution >= 0.6 is 38.6 Å². The van der Waals surface area contributed by atoms with Crippen LogP contribution in [0, 0.1) is 0 Å². The maximum Gasteiger partial charge on any atom is 0.0774 e. The summed E-state index contributed by atoms with van der Waals surface area (Å²) >= 11 is 7.50. The Bertz CT molecular complexity index is 535. The summed E-state index contributed by atoms with van der Waals surface area (Å²) in [4.78, 5) is 4.48. The third kappa shape index (κ3) is 2.82. The summed E-state index contributed by atoms with van der Waals surface area (Å²) in [5.74, 6) is 0. The molecule has 0 aliphatic heterocycles. The van der Waals surface area contributed by atoms with Crippen molar-refractivity contribution in [3.05, 3.63) is 42.2 Å². The Balaban J connectivity index is 1.94. The normalized spacial score (nSPS) is 16.9. The highest BCUT2D eigenvalue weighted by Gasteiger charge is 2.21. The summed E-state index contributed by atoms with van der Waals surface area (Å²) in [5, 5.41) is 5.63. The van der Waals surface area contributed by atoms with Gasteiger partial charge in [0.2, 0.25) is 0 Å². The van der Waals surface area contributed by atoms with Crippen LogP contribution in [0.1, 0.15) is 45.5 Å². The van der Waals surface area contributed by atoms with Gasteiger partial charge in [0.15, 0.2) is 0 Å². The maximum absolute atomic E-state index is 3.66. The van der Waals surface area contributed by atoms with Crippen molar-refractivity contribution in [2.24, 2.45) is 0 Å². The van der Waals surface area contributed by atoms with Gasteiger partial charge in [-0.25, -0.2) is 0 Å². The molecule has 1 N–H and O–H groups in total. The van der Waals surface area contributed by atoms with E-state index in [0.717, 1.165) is 0 Å². The number of rotatable bonds is 3. The number of fused-ring (bicyclic) bond motifs is 1. The number of hydrogen-bond donors (Lipinski definition) is 1. The van der Waals surface area contributed by atoms with Crippen molar-refractivity contribution >= 4 is 38.6 Å². The molecule has 1 atom stereocenters. The molecule has 2 aromatic heterocycles. The molecule has 2 aromatic rings. The highest BCUT2D eigenvalue weighted by atomic mass is 79.9. The summed E-state index contributed by atoms with van der Waals surface area (Å²) in [6.45, 7) is 0. The summed E-state index contributed by atoms with van der Waals surface area (Å²) in [6.07, 6.45) is 6.66. The van der Waals surface area contributed by atoms with Crippen LogP contribution in [0.2, 0.25) is 0 Å². The van der Waals surface area contributed by atoms with Crippen molar-refractivity contribution in [3.8, 4) is 0 Å². The molecule has 0 saturated heterocycles. The van der Waals surface area contributed by atoms with Crippen LogP contribution in [0.3, 0.4) is 0 Å². The highest BCUT2D eigenvalue weighted by Crippen LogP contribution is 2.38. The van der Waals surface area contributed by atoms with Crippen LogP contribution < -0.4 is 5.32 Å². The average molecular weight is 356 g/mol. The lowest BCUT2D eigenvalue weighted by atomic mass is 10.1. The molecule has 0 bridgehead atoms. The van der Waals surface area contributed by atoms with Gasteiger partial charge in [0, 0.05) is 19.1 Å². The minimum atomic E-state index is 0.339. The van der Waals surface area contributed by atoms with Gasteiger partial charge in [-0.2, -0.15) is 0 Å². The molecule has 1 nitrogen and oxygen atoms in total. The van der Waals surface area contributed by atoms with Crippen LogP contribution in [0.15, 0.2) is 22.0 Å². The molecule has 2 heterocycles. The Morgan fingerprint density at radius 3 is 2.84 bits per heavy atom. The van der Waals surface area contributed by atoms with Gasteiger partial charge in [0.05, 0.1) is 6.04 Å². The fourth-order valence-electron chi connectivity index (χ4n) is 2.75. The lowest BCUT2D eigenvalue weighted by molar-refractivity contribution is 0.704. The number of nitrogens with one attached hydrogen (secondary N) is 1. The molecular weight excluding hydrogens is 338 g/mol. The summed E-state index contributed by atoms with van der Waals surface area (Å²) in [6, 6.07) is 4.92. The van der Waals surface area contributed by atoms with Crippen molar-refractivity contribution in [1.82, 2.24) is 5.32 Å². The fourth-order valence-corrected chi connectivity index (χ4v) is 5.93. The smallest absolute Gasteiger partial charge is 0.0774 e. The molecule has 102 valence electrons. The molecule has 19 heavy (non-hydrogen) atoms. The Morgan fingerprint density at radius 2 is 2.11 bits per heavy atom. The van der Waals surface area contributed by atoms with Crippen molar-refractivity contribution < 1.29 is 0 Å². The topological polar surface area (TPSA) is 12.0 Å². The van der Waals surface area contributed by atoms with Gasteiger partial charge >= 0.3 is 0 Å². The van der Waals surface area contributed by atoms with E-state index in [1.165, 1.54) is 46.3 Å². The first-order valence-electron chi connectivity index (χ1n) is 6.81. The van der Waals surface area contributed by atoms with Crippen LogP contribution in [-0.4, -0.2) is 7.05 Å². The molecule has 0 aromatic carbocycles. The quantitative estimate of drug-likeness (QED) is 0.750. The van der Waals surface area contributed by atoms with Gasteiger partial charge in [0.1, 0.15) is 0 Å². The molecule has 0 spiro atoms. The average Bonchev–Trinajstić information content (AvgIpc) is 2.93. The second-order valence-corrected chi connectivity index (χ2v) is 7.98. The molecule has 3 rings (SSSR count). The van der Waals surface area contributed by atoms with Gasteiger partial charge in [0.25, 0.3) is 0 Å². The fraction of sp³-hybridized carbons (Fsp3) is 0.467. The standard InChI is InChI=1S/C15H18BrNS2/c1-17-14(15-11(16)7-8-18-15)13-9-10-5-3-2-4-6-12(10)19-13/h7-9,14,17H,2-6H2,1H3. The van der Waals surface area contributed by atoms with Gasteiger partial charge in [-0.15, -0.1) is 22.7 Å². The zero-order valence-corrected chi connectivity index (χ0v) is 14.3. The van der Waals surface area contributed by atoms with E-state index in [-0.39, 0.29) is 0 Å². The van der Waals surface area contributed by atoms with Crippen molar-refractivity contribution in [3.63, 3.8) is 0 Å². The first kappa shape index (κ1) is 13.8. The van der Waals surface area contributed by atoms with E-state index in [9.17, 15) is 0 Å². The molecule has 0 saturated carbocycles. The molecule has 1 unspecified atom stereocenters. The summed E-state index contributed by atoms with van der Waals surface area (Å²) in [7, 11) is 2.06. The van der Waals surface area contributed by atoms with E-state index in [2.05, 4.69) is 45.8 Å². The van der Waals surface area contributed by atoms with Crippen LogP contribution in [0.25, 0.3) is 0 Å². The molecule has 0 fully saturated rings. The van der Waals surface area contributed by atoms with E-state index in [1.54, 1.807) is 10.4 Å². The van der Waals surface area contributed by atoms with E-state index < -0.39 is 0 Å². The summed E-state index contributed by atoms with van der Waals surface area (Å²) < 4.78 is 1.22. The minimum absolute atomic E-state index is 0.339. The molecule has 0 amide bonds. The van der Waals surface area contributed by atoms with E-state index >= 15 is 0 Å². The van der Waals surface area contributed by atoms with Crippen molar-refractivity contribution in [2.45, 2.75) is 38.1 Å². The monoisotopic (exact) mass is 355 g/mol. The number of halogens is 1. The number of thiophene rings is 2. The second kappa shape index (κ2) is 6.08. The number of aryl methyl sites for hydroxylation is 2. The van der Waals surface area contributed by atoms with E-state index in [0.29, 0.717) is 6.04 Å². The predicted octanol–water partition coefficient (Wildman–Crippen LogP) is 5.15. The van der Waals surface area contributed by atoms with Gasteiger partial charge in [-0.1, -0.05) is 6.42 Å².